The summed E-state index contributed by atoms with van der Waals surface area (Å²) in [5, 5.41) is 9.11. The molecule has 2 aliphatic heterocycles. The van der Waals surface area contributed by atoms with Crippen molar-refractivity contribution in [3.8, 4) is 0 Å². The second-order valence-electron chi connectivity index (χ2n) is 6.57. The summed E-state index contributed by atoms with van der Waals surface area (Å²) in [6.07, 6.45) is 8.05. The fourth-order valence-electron chi connectivity index (χ4n) is 3.70. The maximum atomic E-state index is 11.1. The summed E-state index contributed by atoms with van der Waals surface area (Å²) in [6.45, 7) is 4.77. The minimum Gasteiger partial charge on any atom is -0.481 e. The van der Waals surface area contributed by atoms with Gasteiger partial charge in [0.25, 0.3) is 0 Å². The summed E-state index contributed by atoms with van der Waals surface area (Å²) < 4.78 is 0. The number of nitrogens with zero attached hydrogens (tertiary/aromatic N) is 4. The number of aliphatic carboxylic acids is 1. The van der Waals surface area contributed by atoms with Crippen molar-refractivity contribution < 1.29 is 9.90 Å². The van der Waals surface area contributed by atoms with E-state index in [1.165, 1.54) is 19.3 Å². The van der Waals surface area contributed by atoms with Crippen molar-refractivity contribution >= 4 is 17.7 Å². The van der Waals surface area contributed by atoms with Gasteiger partial charge in [0.2, 0.25) is 5.95 Å². The number of carboxylic acids is 1. The zero-order valence-electron chi connectivity index (χ0n) is 13.8. The first-order valence-electron chi connectivity index (χ1n) is 8.76. The molecule has 1 unspecified atom stereocenters. The van der Waals surface area contributed by atoms with Crippen LogP contribution in [0.4, 0.5) is 11.8 Å². The molecule has 1 aromatic heterocycles. The molecule has 1 atom stereocenters. The summed E-state index contributed by atoms with van der Waals surface area (Å²) >= 11 is 0. The molecule has 3 rings (SSSR count). The van der Waals surface area contributed by atoms with E-state index in [1.54, 1.807) is 0 Å². The van der Waals surface area contributed by atoms with Gasteiger partial charge >= 0.3 is 5.97 Å². The lowest BCUT2D eigenvalue weighted by Gasteiger charge is -2.36. The third-order valence-electron chi connectivity index (χ3n) is 5.15. The molecular weight excluding hydrogens is 292 g/mol. The molecule has 0 aromatic carbocycles. The van der Waals surface area contributed by atoms with Crippen LogP contribution in [-0.4, -0.2) is 46.7 Å². The Balaban J connectivity index is 1.71. The van der Waals surface area contributed by atoms with Gasteiger partial charge in [-0.1, -0.05) is 6.92 Å². The third kappa shape index (κ3) is 3.57. The number of aromatic nitrogens is 2. The molecule has 1 N–H and O–H groups in total. The minimum atomic E-state index is -0.674. The van der Waals surface area contributed by atoms with Crippen LogP contribution in [0.1, 0.15) is 45.4 Å². The molecule has 23 heavy (non-hydrogen) atoms. The Kier molecular flexibility index (Phi) is 4.98. The molecule has 126 valence electrons. The molecule has 0 amide bonds. The topological polar surface area (TPSA) is 69.6 Å². The van der Waals surface area contributed by atoms with Gasteiger partial charge in [0.15, 0.2) is 0 Å². The van der Waals surface area contributed by atoms with Gasteiger partial charge in [-0.15, -0.1) is 0 Å². The zero-order valence-corrected chi connectivity index (χ0v) is 13.8. The van der Waals surface area contributed by atoms with Crippen LogP contribution in [0.3, 0.4) is 0 Å². The molecule has 2 aliphatic rings. The monoisotopic (exact) mass is 318 g/mol. The van der Waals surface area contributed by atoms with E-state index in [0.717, 1.165) is 37.8 Å². The van der Waals surface area contributed by atoms with Crippen LogP contribution >= 0.6 is 0 Å². The molecule has 0 radical (unpaired) electrons. The molecule has 6 nitrogen and oxygen atoms in total. The first kappa shape index (κ1) is 16.0. The molecule has 2 saturated heterocycles. The Bertz CT molecular complexity index is 543. The maximum Gasteiger partial charge on any atom is 0.306 e. The van der Waals surface area contributed by atoms with Crippen LogP contribution in [0.25, 0.3) is 0 Å². The summed E-state index contributed by atoms with van der Waals surface area (Å²) in [4.78, 5) is 24.9. The van der Waals surface area contributed by atoms with E-state index >= 15 is 0 Å². The number of piperidine rings is 2. The van der Waals surface area contributed by atoms with Crippen molar-refractivity contribution in [3.63, 3.8) is 0 Å². The van der Waals surface area contributed by atoms with E-state index < -0.39 is 5.97 Å². The van der Waals surface area contributed by atoms with Crippen molar-refractivity contribution in [2.24, 2.45) is 5.92 Å². The lowest BCUT2D eigenvalue weighted by atomic mass is 9.97. The van der Waals surface area contributed by atoms with Gasteiger partial charge in [-0.3, -0.25) is 4.79 Å². The predicted molar refractivity (Wildman–Crippen MR) is 89.9 cm³/mol. The molecule has 1 aromatic rings. The second kappa shape index (κ2) is 7.15. The SMILES string of the molecule is CCC1CCCCN1c1nccc(N2CCC(C(=O)O)CC2)n1. The number of anilines is 2. The Morgan fingerprint density at radius 2 is 2.04 bits per heavy atom. The molecule has 0 bridgehead atoms. The third-order valence-corrected chi connectivity index (χ3v) is 5.15. The normalized spacial score (nSPS) is 23.1. The molecule has 2 fully saturated rings. The number of carboxylic acid groups (broad SMARTS) is 1. The fourth-order valence-corrected chi connectivity index (χ4v) is 3.70. The minimum absolute atomic E-state index is 0.209. The van der Waals surface area contributed by atoms with E-state index in [4.69, 9.17) is 10.1 Å². The van der Waals surface area contributed by atoms with Crippen molar-refractivity contribution in [3.05, 3.63) is 12.3 Å². The van der Waals surface area contributed by atoms with Crippen molar-refractivity contribution in [1.82, 2.24) is 9.97 Å². The Morgan fingerprint density at radius 1 is 1.26 bits per heavy atom. The predicted octanol–water partition coefficient (Wildman–Crippen LogP) is 2.55. The quantitative estimate of drug-likeness (QED) is 0.920. The average molecular weight is 318 g/mol. The molecule has 3 heterocycles. The maximum absolute atomic E-state index is 11.1. The van der Waals surface area contributed by atoms with Crippen LogP contribution in [-0.2, 0) is 4.79 Å². The molecule has 0 aliphatic carbocycles. The summed E-state index contributed by atoms with van der Waals surface area (Å²) in [6, 6.07) is 2.48. The highest BCUT2D eigenvalue weighted by Gasteiger charge is 2.27. The van der Waals surface area contributed by atoms with E-state index in [9.17, 15) is 4.79 Å². The molecular formula is C17H26N4O2. The van der Waals surface area contributed by atoms with Gasteiger partial charge in [-0.05, 0) is 44.6 Å². The van der Waals surface area contributed by atoms with Gasteiger partial charge in [-0.25, -0.2) is 4.98 Å². The van der Waals surface area contributed by atoms with Crippen molar-refractivity contribution in [1.29, 1.82) is 0 Å². The van der Waals surface area contributed by atoms with Gasteiger partial charge < -0.3 is 14.9 Å². The van der Waals surface area contributed by atoms with Crippen molar-refractivity contribution in [2.75, 3.05) is 29.4 Å². The highest BCUT2D eigenvalue weighted by molar-refractivity contribution is 5.70. The van der Waals surface area contributed by atoms with Crippen LogP contribution in [0.15, 0.2) is 12.3 Å². The fraction of sp³-hybridized carbons (Fsp3) is 0.706. The highest BCUT2D eigenvalue weighted by Crippen LogP contribution is 2.27. The molecule has 6 heteroatoms. The van der Waals surface area contributed by atoms with Gasteiger partial charge in [0.05, 0.1) is 5.92 Å². The summed E-state index contributed by atoms with van der Waals surface area (Å²) in [5.74, 6) is 0.875. The van der Waals surface area contributed by atoms with Gasteiger partial charge in [0, 0.05) is 31.9 Å². The first-order chi connectivity index (χ1) is 11.2. The van der Waals surface area contributed by atoms with Gasteiger partial charge in [0.1, 0.15) is 5.82 Å². The number of hydrogen-bond donors (Lipinski definition) is 1. The smallest absolute Gasteiger partial charge is 0.306 e. The summed E-state index contributed by atoms with van der Waals surface area (Å²) in [7, 11) is 0. The lowest BCUT2D eigenvalue weighted by molar-refractivity contribution is -0.142. The largest absolute Gasteiger partial charge is 0.481 e. The van der Waals surface area contributed by atoms with Crippen LogP contribution in [0.5, 0.6) is 0 Å². The Morgan fingerprint density at radius 3 is 2.74 bits per heavy atom. The summed E-state index contributed by atoms with van der Waals surface area (Å²) in [5.41, 5.74) is 0. The van der Waals surface area contributed by atoms with Gasteiger partial charge in [-0.2, -0.15) is 4.98 Å². The zero-order chi connectivity index (χ0) is 16.2. The number of hydrogen-bond acceptors (Lipinski definition) is 5. The standard InChI is InChI=1S/C17H26N4O2/c1-2-14-5-3-4-10-21(14)17-18-9-6-15(19-17)20-11-7-13(8-12-20)16(22)23/h6,9,13-14H,2-5,7-8,10-12H2,1H3,(H,22,23). The number of carbonyl (C=O) groups is 1. The average Bonchev–Trinajstić information content (AvgIpc) is 2.62. The lowest BCUT2D eigenvalue weighted by Crippen LogP contribution is -2.41. The highest BCUT2D eigenvalue weighted by atomic mass is 16.4. The van der Waals surface area contributed by atoms with E-state index in [-0.39, 0.29) is 5.92 Å². The second-order valence-corrected chi connectivity index (χ2v) is 6.57. The number of rotatable bonds is 4. The van der Waals surface area contributed by atoms with Crippen LogP contribution < -0.4 is 9.80 Å². The Hall–Kier alpha value is -1.85. The van der Waals surface area contributed by atoms with E-state index in [1.807, 2.05) is 12.3 Å². The Labute approximate surface area is 137 Å². The molecule has 0 saturated carbocycles. The van der Waals surface area contributed by atoms with E-state index in [2.05, 4.69) is 21.7 Å². The molecule has 0 spiro atoms. The van der Waals surface area contributed by atoms with Crippen molar-refractivity contribution in [2.45, 2.75) is 51.5 Å². The van der Waals surface area contributed by atoms with Crippen LogP contribution in [0, 0.1) is 5.92 Å². The first-order valence-corrected chi connectivity index (χ1v) is 8.76. The van der Waals surface area contributed by atoms with E-state index in [0.29, 0.717) is 18.9 Å². The van der Waals surface area contributed by atoms with Crippen LogP contribution in [0.2, 0.25) is 0 Å².